The summed E-state index contributed by atoms with van der Waals surface area (Å²) in [7, 11) is 1.57. The summed E-state index contributed by atoms with van der Waals surface area (Å²) in [5, 5.41) is 11.5. The third-order valence-corrected chi connectivity index (χ3v) is 5.87. The molecule has 0 unspecified atom stereocenters. The van der Waals surface area contributed by atoms with Crippen molar-refractivity contribution in [2.45, 2.75) is 0 Å². The van der Waals surface area contributed by atoms with E-state index in [1.165, 1.54) is 18.2 Å². The average Bonchev–Trinajstić information content (AvgIpc) is 2.89. The fourth-order valence-electron chi connectivity index (χ4n) is 3.72. The molecule has 3 aromatic carbocycles. The van der Waals surface area contributed by atoms with Gasteiger partial charge in [0.15, 0.2) is 0 Å². The van der Waals surface area contributed by atoms with Gasteiger partial charge in [0.2, 0.25) is 5.75 Å². The fourth-order valence-corrected chi connectivity index (χ4v) is 3.89. The largest absolute Gasteiger partial charge is 0.497 e. The van der Waals surface area contributed by atoms with E-state index in [1.807, 2.05) is 0 Å². The molecule has 0 saturated carbocycles. The summed E-state index contributed by atoms with van der Waals surface area (Å²) in [6, 6.07) is 17.4. The predicted molar refractivity (Wildman–Crippen MR) is 129 cm³/mol. The number of amides is 2. The normalized spacial score (nSPS) is 13.3. The Morgan fingerprint density at radius 1 is 0.829 bits per heavy atom. The number of rotatable bonds is 6. The van der Waals surface area contributed by atoms with Gasteiger partial charge in [-0.05, 0) is 60.7 Å². The first-order valence-corrected chi connectivity index (χ1v) is 11.2. The highest BCUT2D eigenvalue weighted by Crippen LogP contribution is 2.33. The quantitative estimate of drug-likeness (QED) is 0.364. The second-order valence-corrected chi connectivity index (χ2v) is 8.24. The second kappa shape index (κ2) is 10.4. The molecule has 0 aliphatic carbocycles. The maximum Gasteiger partial charge on any atom is 0.313 e. The van der Waals surface area contributed by atoms with E-state index in [2.05, 4.69) is 0 Å². The molecule has 35 heavy (non-hydrogen) atoms. The number of benzene rings is 3. The number of carbonyl (C=O) groups excluding carboxylic acids is 2. The zero-order valence-electron chi connectivity index (χ0n) is 18.8. The lowest BCUT2D eigenvalue weighted by molar-refractivity contribution is -0.385. The Hall–Kier alpha value is -4.11. The number of hydrogen-bond acceptors (Lipinski definition) is 6. The van der Waals surface area contributed by atoms with E-state index in [1.54, 1.807) is 65.4 Å². The van der Waals surface area contributed by atoms with E-state index in [0.29, 0.717) is 48.8 Å². The molecule has 1 aliphatic heterocycles. The molecular formula is C25H22ClN3O6. The molecule has 0 radical (unpaired) electrons. The Labute approximate surface area is 206 Å². The molecule has 3 aromatic rings. The van der Waals surface area contributed by atoms with Crippen molar-refractivity contribution in [3.05, 3.63) is 93.0 Å². The maximum absolute atomic E-state index is 12.9. The molecule has 1 saturated heterocycles. The SMILES string of the molecule is COc1ccc(C(=O)N2CCN(C(=O)c3ccc(Oc4ccc(Cl)cc4[N+](=O)[O-])cc3)CC2)cc1. The minimum Gasteiger partial charge on any atom is -0.497 e. The van der Waals surface area contributed by atoms with Crippen molar-refractivity contribution in [2.75, 3.05) is 33.3 Å². The molecule has 0 N–H and O–H groups in total. The molecule has 4 rings (SSSR count). The summed E-state index contributed by atoms with van der Waals surface area (Å²) in [5.41, 5.74) is 0.777. The van der Waals surface area contributed by atoms with Crippen LogP contribution in [0.1, 0.15) is 20.7 Å². The van der Waals surface area contributed by atoms with Crippen LogP contribution >= 0.6 is 11.6 Å². The summed E-state index contributed by atoms with van der Waals surface area (Å²) in [4.78, 5) is 39.8. The second-order valence-electron chi connectivity index (χ2n) is 7.81. The van der Waals surface area contributed by atoms with Gasteiger partial charge in [0.1, 0.15) is 11.5 Å². The number of methoxy groups -OCH3 is 1. The zero-order valence-corrected chi connectivity index (χ0v) is 19.6. The molecular weight excluding hydrogens is 474 g/mol. The highest BCUT2D eigenvalue weighted by atomic mass is 35.5. The number of nitro benzene ring substituents is 1. The number of nitro groups is 1. The van der Waals surface area contributed by atoms with Gasteiger partial charge in [-0.2, -0.15) is 0 Å². The summed E-state index contributed by atoms with van der Waals surface area (Å²) in [6.07, 6.45) is 0. The van der Waals surface area contributed by atoms with Crippen LogP contribution in [0.5, 0.6) is 17.2 Å². The molecule has 1 fully saturated rings. The van der Waals surface area contributed by atoms with Gasteiger partial charge in [-0.3, -0.25) is 19.7 Å². The lowest BCUT2D eigenvalue weighted by Crippen LogP contribution is -2.50. The first kappa shape index (κ1) is 24.0. The number of ether oxygens (including phenoxy) is 2. The Kier molecular flexibility index (Phi) is 7.17. The first-order valence-electron chi connectivity index (χ1n) is 10.8. The van der Waals surface area contributed by atoms with E-state index in [4.69, 9.17) is 21.1 Å². The van der Waals surface area contributed by atoms with Crippen molar-refractivity contribution < 1.29 is 24.0 Å². The number of piperazine rings is 1. The molecule has 0 bridgehead atoms. The Morgan fingerprint density at radius 2 is 1.31 bits per heavy atom. The summed E-state index contributed by atoms with van der Waals surface area (Å²) < 4.78 is 10.7. The van der Waals surface area contributed by atoms with Crippen LogP contribution in [0, 0.1) is 10.1 Å². The lowest BCUT2D eigenvalue weighted by Gasteiger charge is -2.35. The summed E-state index contributed by atoms with van der Waals surface area (Å²) in [6.45, 7) is 1.68. The highest BCUT2D eigenvalue weighted by molar-refractivity contribution is 6.30. The molecule has 0 atom stereocenters. The van der Waals surface area contributed by atoms with Gasteiger partial charge in [0.05, 0.1) is 12.0 Å². The van der Waals surface area contributed by atoms with Crippen LogP contribution in [0.3, 0.4) is 0 Å². The smallest absolute Gasteiger partial charge is 0.313 e. The monoisotopic (exact) mass is 495 g/mol. The van der Waals surface area contributed by atoms with Crippen molar-refractivity contribution in [1.29, 1.82) is 0 Å². The van der Waals surface area contributed by atoms with E-state index < -0.39 is 4.92 Å². The summed E-state index contributed by atoms with van der Waals surface area (Å²) in [5.74, 6) is 0.834. The topological polar surface area (TPSA) is 102 Å². The molecule has 0 aromatic heterocycles. The van der Waals surface area contributed by atoms with Crippen LogP contribution in [0.15, 0.2) is 66.7 Å². The number of nitrogens with zero attached hydrogens (tertiary/aromatic N) is 3. The zero-order chi connectivity index (χ0) is 24.9. The van der Waals surface area contributed by atoms with Gasteiger partial charge >= 0.3 is 5.69 Å². The van der Waals surface area contributed by atoms with Crippen molar-refractivity contribution in [1.82, 2.24) is 9.80 Å². The van der Waals surface area contributed by atoms with Gasteiger partial charge < -0.3 is 19.3 Å². The van der Waals surface area contributed by atoms with E-state index in [0.717, 1.165) is 0 Å². The first-order chi connectivity index (χ1) is 16.9. The van der Waals surface area contributed by atoms with Crippen LogP contribution in [-0.2, 0) is 0 Å². The van der Waals surface area contributed by atoms with Crippen molar-refractivity contribution in [3.63, 3.8) is 0 Å². The molecule has 1 heterocycles. The van der Waals surface area contributed by atoms with Crippen LogP contribution in [-0.4, -0.2) is 59.8 Å². The van der Waals surface area contributed by atoms with E-state index >= 15 is 0 Å². The molecule has 180 valence electrons. The third kappa shape index (κ3) is 5.52. The number of hydrogen-bond donors (Lipinski definition) is 0. The van der Waals surface area contributed by atoms with Gasteiger partial charge in [0, 0.05) is 48.4 Å². The van der Waals surface area contributed by atoms with Crippen LogP contribution in [0.25, 0.3) is 0 Å². The highest BCUT2D eigenvalue weighted by Gasteiger charge is 2.26. The van der Waals surface area contributed by atoms with Gasteiger partial charge in [-0.15, -0.1) is 0 Å². The van der Waals surface area contributed by atoms with Crippen LogP contribution < -0.4 is 9.47 Å². The molecule has 1 aliphatic rings. The minimum atomic E-state index is -0.571. The minimum absolute atomic E-state index is 0.0520. The predicted octanol–water partition coefficient (Wildman–Crippen LogP) is 4.65. The Balaban J connectivity index is 1.36. The van der Waals surface area contributed by atoms with Crippen LogP contribution in [0.4, 0.5) is 5.69 Å². The maximum atomic E-state index is 12.9. The van der Waals surface area contributed by atoms with Crippen LogP contribution in [0.2, 0.25) is 5.02 Å². The van der Waals surface area contributed by atoms with E-state index in [9.17, 15) is 19.7 Å². The molecule has 2 amide bonds. The third-order valence-electron chi connectivity index (χ3n) is 5.64. The number of halogens is 1. The van der Waals surface area contributed by atoms with E-state index in [-0.39, 0.29) is 28.3 Å². The van der Waals surface area contributed by atoms with Crippen molar-refractivity contribution in [3.8, 4) is 17.2 Å². The average molecular weight is 496 g/mol. The lowest BCUT2D eigenvalue weighted by atomic mass is 10.1. The molecule has 9 nitrogen and oxygen atoms in total. The molecule has 10 heteroatoms. The Bertz CT molecular complexity index is 1240. The summed E-state index contributed by atoms with van der Waals surface area (Å²) >= 11 is 5.83. The standard InChI is InChI=1S/C25H22ClN3O6/c1-34-20-7-2-17(3-8-20)24(30)27-12-14-28(15-13-27)25(31)18-4-9-21(10-5-18)35-23-11-6-19(26)16-22(23)29(32)33/h2-11,16H,12-15H2,1H3. The van der Waals surface area contributed by atoms with Gasteiger partial charge in [0.25, 0.3) is 11.8 Å². The van der Waals surface area contributed by atoms with Gasteiger partial charge in [-0.25, -0.2) is 0 Å². The molecule has 0 spiro atoms. The fraction of sp³-hybridized carbons (Fsp3) is 0.200. The van der Waals surface area contributed by atoms with Gasteiger partial charge in [-0.1, -0.05) is 11.6 Å². The van der Waals surface area contributed by atoms with Crippen molar-refractivity contribution in [2.24, 2.45) is 0 Å². The van der Waals surface area contributed by atoms with Crippen molar-refractivity contribution >= 4 is 29.1 Å². The number of carbonyl (C=O) groups is 2. The Morgan fingerprint density at radius 3 is 1.77 bits per heavy atom.